The van der Waals surface area contributed by atoms with Crippen LogP contribution in [0.2, 0.25) is 0 Å². The zero-order chi connectivity index (χ0) is 14.9. The van der Waals surface area contributed by atoms with Gasteiger partial charge < -0.3 is 9.64 Å². The van der Waals surface area contributed by atoms with Crippen molar-refractivity contribution in [1.29, 1.82) is 0 Å². The molecule has 108 valence electrons. The van der Waals surface area contributed by atoms with E-state index in [0.29, 0.717) is 12.8 Å². The molecule has 2 rings (SSSR count). The Balaban J connectivity index is 2.32. The molecule has 2 heterocycles. The van der Waals surface area contributed by atoms with Gasteiger partial charge in [-0.1, -0.05) is 0 Å². The van der Waals surface area contributed by atoms with Gasteiger partial charge >= 0.3 is 5.97 Å². The Bertz CT molecular complexity index is 544. The van der Waals surface area contributed by atoms with Crippen LogP contribution in [0, 0.1) is 13.8 Å². The molecule has 0 saturated carbocycles. The minimum atomic E-state index is -0.523. The molecule has 2 unspecified atom stereocenters. The average molecular weight is 277 g/mol. The predicted molar refractivity (Wildman–Crippen MR) is 71.8 cm³/mol. The van der Waals surface area contributed by atoms with Crippen LogP contribution in [0.1, 0.15) is 42.9 Å². The summed E-state index contributed by atoms with van der Waals surface area (Å²) >= 11 is 0. The van der Waals surface area contributed by atoms with Gasteiger partial charge in [0.05, 0.1) is 30.2 Å². The van der Waals surface area contributed by atoms with Crippen LogP contribution < -0.4 is 0 Å². The van der Waals surface area contributed by atoms with Crippen molar-refractivity contribution in [1.82, 2.24) is 14.9 Å². The van der Waals surface area contributed by atoms with E-state index < -0.39 is 6.04 Å². The van der Waals surface area contributed by atoms with Crippen molar-refractivity contribution in [3.8, 4) is 0 Å². The highest BCUT2D eigenvalue weighted by atomic mass is 16.5. The number of aromatic nitrogens is 2. The van der Waals surface area contributed by atoms with E-state index in [2.05, 4.69) is 9.97 Å². The van der Waals surface area contributed by atoms with Gasteiger partial charge in [-0.05, 0) is 27.2 Å². The number of esters is 1. The molecule has 1 aliphatic rings. The number of hydrogen-bond donors (Lipinski definition) is 0. The summed E-state index contributed by atoms with van der Waals surface area (Å²) in [7, 11) is 1.34. The Kier molecular flexibility index (Phi) is 4.01. The molecule has 1 aromatic heterocycles. The third-order valence-electron chi connectivity index (χ3n) is 3.65. The molecule has 0 N–H and O–H groups in total. The van der Waals surface area contributed by atoms with Gasteiger partial charge in [-0.2, -0.15) is 0 Å². The Labute approximate surface area is 118 Å². The second-order valence-electron chi connectivity index (χ2n) is 5.04. The summed E-state index contributed by atoms with van der Waals surface area (Å²) in [6.45, 7) is 5.59. The highest BCUT2D eigenvalue weighted by molar-refractivity contribution is 5.88. The SMILES string of the molecule is COC(=O)C1CCC(=O)N1C(C)c1ncc(C)nc1C. The Morgan fingerprint density at radius 2 is 2.20 bits per heavy atom. The van der Waals surface area contributed by atoms with Crippen molar-refractivity contribution in [2.75, 3.05) is 7.11 Å². The molecule has 6 heteroatoms. The fourth-order valence-electron chi connectivity index (χ4n) is 2.70. The number of ether oxygens (including phenoxy) is 1. The van der Waals surface area contributed by atoms with Crippen LogP contribution in [0.25, 0.3) is 0 Å². The van der Waals surface area contributed by atoms with Crippen molar-refractivity contribution in [3.05, 3.63) is 23.3 Å². The van der Waals surface area contributed by atoms with Gasteiger partial charge in [-0.25, -0.2) is 4.79 Å². The first-order chi connectivity index (χ1) is 9.45. The van der Waals surface area contributed by atoms with Gasteiger partial charge in [0.25, 0.3) is 0 Å². The molecule has 1 amide bonds. The van der Waals surface area contributed by atoms with Gasteiger partial charge in [0.1, 0.15) is 6.04 Å². The lowest BCUT2D eigenvalue weighted by Gasteiger charge is -2.29. The molecule has 2 atom stereocenters. The van der Waals surface area contributed by atoms with Gasteiger partial charge in [-0.3, -0.25) is 14.8 Å². The predicted octanol–water partition coefficient (Wildman–Crippen LogP) is 1.32. The lowest BCUT2D eigenvalue weighted by atomic mass is 10.1. The molecule has 0 spiro atoms. The van der Waals surface area contributed by atoms with Crippen molar-refractivity contribution < 1.29 is 14.3 Å². The molecule has 0 bridgehead atoms. The smallest absolute Gasteiger partial charge is 0.328 e. The summed E-state index contributed by atoms with van der Waals surface area (Å²) in [5, 5.41) is 0. The second-order valence-corrected chi connectivity index (χ2v) is 5.04. The molecule has 1 aliphatic heterocycles. The quantitative estimate of drug-likeness (QED) is 0.779. The van der Waals surface area contributed by atoms with Crippen LogP contribution in [0.5, 0.6) is 0 Å². The molecule has 1 fully saturated rings. The fourth-order valence-corrected chi connectivity index (χ4v) is 2.70. The van der Waals surface area contributed by atoms with E-state index in [1.54, 1.807) is 11.1 Å². The van der Waals surface area contributed by atoms with Crippen molar-refractivity contribution in [2.45, 2.75) is 45.7 Å². The van der Waals surface area contributed by atoms with Crippen LogP contribution in [-0.2, 0) is 14.3 Å². The molecule has 0 aromatic carbocycles. The monoisotopic (exact) mass is 277 g/mol. The Morgan fingerprint density at radius 3 is 2.80 bits per heavy atom. The number of rotatable bonds is 3. The largest absolute Gasteiger partial charge is 0.467 e. The number of methoxy groups -OCH3 is 1. The highest BCUT2D eigenvalue weighted by Gasteiger charge is 2.40. The van der Waals surface area contributed by atoms with E-state index in [9.17, 15) is 9.59 Å². The molecule has 1 aromatic rings. The second kappa shape index (κ2) is 5.56. The normalized spacial score (nSPS) is 20.1. The summed E-state index contributed by atoms with van der Waals surface area (Å²) in [6.07, 6.45) is 2.53. The van der Waals surface area contributed by atoms with Gasteiger partial charge in [-0.15, -0.1) is 0 Å². The summed E-state index contributed by atoms with van der Waals surface area (Å²) < 4.78 is 4.78. The zero-order valence-corrected chi connectivity index (χ0v) is 12.2. The molecular formula is C14H19N3O3. The van der Waals surface area contributed by atoms with E-state index in [4.69, 9.17) is 4.74 Å². The first-order valence-electron chi connectivity index (χ1n) is 6.64. The van der Waals surface area contributed by atoms with Crippen LogP contribution in [-0.4, -0.2) is 39.9 Å². The molecular weight excluding hydrogens is 258 g/mol. The van der Waals surface area contributed by atoms with Crippen LogP contribution in [0.3, 0.4) is 0 Å². The number of nitrogens with zero attached hydrogens (tertiary/aromatic N) is 3. The van der Waals surface area contributed by atoms with Crippen LogP contribution in [0.4, 0.5) is 0 Å². The lowest BCUT2D eigenvalue weighted by molar-refractivity contribution is -0.150. The maximum atomic E-state index is 12.1. The molecule has 1 saturated heterocycles. The summed E-state index contributed by atoms with van der Waals surface area (Å²) in [5.41, 5.74) is 2.33. The summed E-state index contributed by atoms with van der Waals surface area (Å²) in [6, 6.07) is -0.813. The van der Waals surface area contributed by atoms with Crippen molar-refractivity contribution in [2.24, 2.45) is 0 Å². The summed E-state index contributed by atoms with van der Waals surface area (Å²) in [5.74, 6) is -0.421. The maximum Gasteiger partial charge on any atom is 0.328 e. The van der Waals surface area contributed by atoms with E-state index in [-0.39, 0.29) is 17.9 Å². The molecule has 0 radical (unpaired) electrons. The minimum absolute atomic E-state index is 0.0466. The molecule has 0 aliphatic carbocycles. The van der Waals surface area contributed by atoms with Gasteiger partial charge in [0.2, 0.25) is 5.91 Å². The van der Waals surface area contributed by atoms with Gasteiger partial charge in [0.15, 0.2) is 0 Å². The number of carbonyl (C=O) groups excluding carboxylic acids is 2. The van der Waals surface area contributed by atoms with Crippen molar-refractivity contribution >= 4 is 11.9 Å². The molecule has 6 nitrogen and oxygen atoms in total. The number of likely N-dealkylation sites (tertiary alicyclic amines) is 1. The third kappa shape index (κ3) is 2.50. The van der Waals surface area contributed by atoms with Gasteiger partial charge in [0, 0.05) is 12.6 Å². The summed E-state index contributed by atoms with van der Waals surface area (Å²) in [4.78, 5) is 34.2. The zero-order valence-electron chi connectivity index (χ0n) is 12.2. The van der Waals surface area contributed by atoms with Crippen molar-refractivity contribution in [3.63, 3.8) is 0 Å². The van der Waals surface area contributed by atoms with E-state index >= 15 is 0 Å². The van der Waals surface area contributed by atoms with E-state index in [1.165, 1.54) is 7.11 Å². The van der Waals surface area contributed by atoms with E-state index in [0.717, 1.165) is 17.1 Å². The van der Waals surface area contributed by atoms with E-state index in [1.807, 2.05) is 20.8 Å². The number of aryl methyl sites for hydroxylation is 2. The number of hydrogen-bond acceptors (Lipinski definition) is 5. The topological polar surface area (TPSA) is 72.4 Å². The first kappa shape index (κ1) is 14.4. The number of amides is 1. The Hall–Kier alpha value is -1.98. The molecule has 20 heavy (non-hydrogen) atoms. The highest BCUT2D eigenvalue weighted by Crippen LogP contribution is 2.30. The number of carbonyl (C=O) groups is 2. The fraction of sp³-hybridized carbons (Fsp3) is 0.571. The third-order valence-corrected chi connectivity index (χ3v) is 3.65. The standard InChI is InChI=1S/C14H19N3O3/c1-8-7-15-13(9(2)16-8)10(3)17-11(14(19)20-4)5-6-12(17)18/h7,10-11H,5-6H2,1-4H3. The Morgan fingerprint density at radius 1 is 1.50 bits per heavy atom. The first-order valence-corrected chi connectivity index (χ1v) is 6.64. The lowest BCUT2D eigenvalue weighted by Crippen LogP contribution is -2.41. The average Bonchev–Trinajstić information content (AvgIpc) is 2.79. The van der Waals surface area contributed by atoms with Crippen LogP contribution in [0.15, 0.2) is 6.20 Å². The minimum Gasteiger partial charge on any atom is -0.467 e. The maximum absolute atomic E-state index is 12.1. The van der Waals surface area contributed by atoms with Crippen LogP contribution >= 0.6 is 0 Å².